The lowest BCUT2D eigenvalue weighted by atomic mass is 10.0. The number of para-hydroxylation sites is 1. The van der Waals surface area contributed by atoms with Gasteiger partial charge >= 0.3 is 0 Å². The van der Waals surface area contributed by atoms with Gasteiger partial charge in [-0.3, -0.25) is 4.90 Å². The van der Waals surface area contributed by atoms with Crippen LogP contribution in [-0.2, 0) is 0 Å². The molecule has 1 N–H and O–H groups in total. The quantitative estimate of drug-likeness (QED) is 0.833. The van der Waals surface area contributed by atoms with E-state index in [-0.39, 0.29) is 0 Å². The number of piperidine rings is 1. The predicted molar refractivity (Wildman–Crippen MR) is 82.8 cm³/mol. The molecule has 20 heavy (non-hydrogen) atoms. The van der Waals surface area contributed by atoms with E-state index in [2.05, 4.69) is 35.2 Å². The smallest absolute Gasteiger partial charge is 0.123 e. The fraction of sp³-hybridized carbons (Fsp3) is 0.529. The zero-order valence-corrected chi connectivity index (χ0v) is 12.4. The van der Waals surface area contributed by atoms with Crippen molar-refractivity contribution in [1.82, 2.24) is 10.2 Å². The molecule has 1 aromatic rings. The number of ether oxygens (including phenoxy) is 1. The van der Waals surface area contributed by atoms with Crippen LogP contribution >= 0.6 is 0 Å². The second-order valence-corrected chi connectivity index (χ2v) is 5.38. The fourth-order valence-electron chi connectivity index (χ4n) is 2.85. The van der Waals surface area contributed by atoms with Crippen LogP contribution in [0.3, 0.4) is 0 Å². The highest BCUT2D eigenvalue weighted by Crippen LogP contribution is 2.25. The Balaban J connectivity index is 1.89. The van der Waals surface area contributed by atoms with Gasteiger partial charge in [0, 0.05) is 30.7 Å². The van der Waals surface area contributed by atoms with Crippen molar-refractivity contribution in [1.29, 1.82) is 0 Å². The topological polar surface area (TPSA) is 24.5 Å². The van der Waals surface area contributed by atoms with Gasteiger partial charge in [0.25, 0.3) is 0 Å². The predicted octanol–water partition coefficient (Wildman–Crippen LogP) is 2.44. The Labute approximate surface area is 122 Å². The molecule has 3 nitrogen and oxygen atoms in total. The Hall–Kier alpha value is -1.50. The highest BCUT2D eigenvalue weighted by atomic mass is 16.5. The van der Waals surface area contributed by atoms with Gasteiger partial charge in [-0.1, -0.05) is 24.1 Å². The number of hydrogen-bond donors (Lipinski definition) is 1. The van der Waals surface area contributed by atoms with E-state index < -0.39 is 0 Å². The van der Waals surface area contributed by atoms with Crippen molar-refractivity contribution >= 4 is 0 Å². The number of methoxy groups -OCH3 is 1. The molecular formula is C17H24N2O. The molecule has 1 aromatic carbocycles. The normalized spacial score (nSPS) is 18.4. The molecule has 1 aliphatic rings. The largest absolute Gasteiger partial charge is 0.496 e. The van der Waals surface area contributed by atoms with Crippen molar-refractivity contribution in [3.8, 4) is 18.1 Å². The highest BCUT2D eigenvalue weighted by molar-refractivity contribution is 5.35. The van der Waals surface area contributed by atoms with E-state index in [1.165, 1.54) is 5.56 Å². The average molecular weight is 272 g/mol. The molecule has 1 unspecified atom stereocenters. The maximum atomic E-state index is 5.43. The highest BCUT2D eigenvalue weighted by Gasteiger charge is 2.21. The number of nitrogens with zero attached hydrogens (tertiary/aromatic N) is 1. The van der Waals surface area contributed by atoms with Crippen molar-refractivity contribution in [2.24, 2.45) is 0 Å². The molecule has 1 fully saturated rings. The first-order valence-corrected chi connectivity index (χ1v) is 7.29. The first-order valence-electron chi connectivity index (χ1n) is 7.29. The van der Waals surface area contributed by atoms with Crippen LogP contribution in [0.25, 0.3) is 0 Å². The summed E-state index contributed by atoms with van der Waals surface area (Å²) < 4.78 is 5.43. The Morgan fingerprint density at radius 2 is 2.10 bits per heavy atom. The summed E-state index contributed by atoms with van der Waals surface area (Å²) in [6.07, 6.45) is 7.67. The van der Waals surface area contributed by atoms with Gasteiger partial charge in [0.05, 0.1) is 13.7 Å². The number of terminal acetylenes is 1. The third-order valence-electron chi connectivity index (χ3n) is 3.99. The zero-order chi connectivity index (χ0) is 14.4. The standard InChI is InChI=1S/C17H24N2O/c1-4-11-19-12-9-15(10-13-19)18-14(2)16-7-5-6-8-17(16)20-3/h1,5-8,14-15,18H,9-13H2,2-3H3. The summed E-state index contributed by atoms with van der Waals surface area (Å²) in [5.41, 5.74) is 1.22. The minimum absolute atomic E-state index is 0.301. The minimum atomic E-state index is 0.301. The monoisotopic (exact) mass is 272 g/mol. The zero-order valence-electron chi connectivity index (χ0n) is 12.4. The molecule has 0 aliphatic carbocycles. The molecule has 108 valence electrons. The molecule has 3 heteroatoms. The summed E-state index contributed by atoms with van der Waals surface area (Å²) in [5, 5.41) is 3.71. The van der Waals surface area contributed by atoms with E-state index in [4.69, 9.17) is 11.2 Å². The first kappa shape index (κ1) is 14.9. The van der Waals surface area contributed by atoms with Gasteiger partial charge < -0.3 is 10.1 Å². The van der Waals surface area contributed by atoms with Crippen LogP contribution in [0.15, 0.2) is 24.3 Å². The van der Waals surface area contributed by atoms with E-state index in [0.717, 1.165) is 38.2 Å². The molecule has 0 radical (unpaired) electrons. The Bertz CT molecular complexity index is 458. The Morgan fingerprint density at radius 3 is 2.75 bits per heavy atom. The van der Waals surface area contributed by atoms with Crippen LogP contribution in [0.4, 0.5) is 0 Å². The van der Waals surface area contributed by atoms with Gasteiger partial charge in [0.2, 0.25) is 0 Å². The first-order chi connectivity index (χ1) is 9.74. The van der Waals surface area contributed by atoms with Gasteiger partial charge in [-0.25, -0.2) is 0 Å². The van der Waals surface area contributed by atoms with E-state index in [9.17, 15) is 0 Å². The average Bonchev–Trinajstić information content (AvgIpc) is 2.49. The lowest BCUT2D eigenvalue weighted by molar-refractivity contribution is 0.210. The van der Waals surface area contributed by atoms with Gasteiger partial charge in [-0.05, 0) is 25.8 Å². The van der Waals surface area contributed by atoms with Crippen LogP contribution in [0.5, 0.6) is 5.75 Å². The third-order valence-corrected chi connectivity index (χ3v) is 3.99. The van der Waals surface area contributed by atoms with Crippen molar-refractivity contribution in [2.45, 2.75) is 31.8 Å². The van der Waals surface area contributed by atoms with Crippen molar-refractivity contribution in [2.75, 3.05) is 26.7 Å². The number of hydrogen-bond acceptors (Lipinski definition) is 3. The van der Waals surface area contributed by atoms with E-state index >= 15 is 0 Å². The fourth-order valence-corrected chi connectivity index (χ4v) is 2.85. The van der Waals surface area contributed by atoms with Crippen LogP contribution in [0.2, 0.25) is 0 Å². The van der Waals surface area contributed by atoms with E-state index in [0.29, 0.717) is 12.1 Å². The number of nitrogens with one attached hydrogen (secondary N) is 1. The van der Waals surface area contributed by atoms with Gasteiger partial charge in [-0.2, -0.15) is 0 Å². The molecule has 0 amide bonds. The van der Waals surface area contributed by atoms with Crippen LogP contribution < -0.4 is 10.1 Å². The SMILES string of the molecule is C#CCN1CCC(NC(C)c2ccccc2OC)CC1. The lowest BCUT2D eigenvalue weighted by Crippen LogP contribution is -2.43. The number of rotatable bonds is 5. The summed E-state index contributed by atoms with van der Waals surface area (Å²) in [4.78, 5) is 2.34. The minimum Gasteiger partial charge on any atom is -0.496 e. The summed E-state index contributed by atoms with van der Waals surface area (Å²) >= 11 is 0. The Morgan fingerprint density at radius 1 is 1.40 bits per heavy atom. The number of likely N-dealkylation sites (tertiary alicyclic amines) is 1. The summed E-state index contributed by atoms with van der Waals surface area (Å²) in [6, 6.07) is 9.07. The molecule has 2 rings (SSSR count). The van der Waals surface area contributed by atoms with Crippen LogP contribution in [0.1, 0.15) is 31.4 Å². The molecule has 1 saturated heterocycles. The maximum absolute atomic E-state index is 5.43. The van der Waals surface area contributed by atoms with Crippen molar-refractivity contribution < 1.29 is 4.74 Å². The van der Waals surface area contributed by atoms with Crippen molar-refractivity contribution in [3.05, 3.63) is 29.8 Å². The molecule has 1 atom stereocenters. The molecule has 0 bridgehead atoms. The second-order valence-electron chi connectivity index (χ2n) is 5.38. The molecule has 1 heterocycles. The van der Waals surface area contributed by atoms with Gasteiger partial charge in [0.15, 0.2) is 0 Å². The van der Waals surface area contributed by atoms with Crippen LogP contribution in [-0.4, -0.2) is 37.7 Å². The van der Waals surface area contributed by atoms with Crippen molar-refractivity contribution in [3.63, 3.8) is 0 Å². The maximum Gasteiger partial charge on any atom is 0.123 e. The number of benzene rings is 1. The van der Waals surface area contributed by atoms with Gasteiger partial charge in [-0.15, -0.1) is 6.42 Å². The summed E-state index contributed by atoms with van der Waals surface area (Å²) in [6.45, 7) is 5.14. The Kier molecular flexibility index (Phi) is 5.46. The molecule has 0 aromatic heterocycles. The molecule has 1 aliphatic heterocycles. The summed E-state index contributed by atoms with van der Waals surface area (Å²) in [7, 11) is 1.73. The summed E-state index contributed by atoms with van der Waals surface area (Å²) in [5.74, 6) is 3.68. The molecular weight excluding hydrogens is 248 g/mol. The molecule has 0 saturated carbocycles. The van der Waals surface area contributed by atoms with E-state index in [1.54, 1.807) is 7.11 Å². The van der Waals surface area contributed by atoms with Crippen LogP contribution in [0, 0.1) is 12.3 Å². The van der Waals surface area contributed by atoms with E-state index in [1.807, 2.05) is 12.1 Å². The van der Waals surface area contributed by atoms with Gasteiger partial charge in [0.1, 0.15) is 5.75 Å². The molecule has 0 spiro atoms. The second kappa shape index (κ2) is 7.33. The third kappa shape index (κ3) is 3.75. The lowest BCUT2D eigenvalue weighted by Gasteiger charge is -2.33.